The fraction of sp³-hybridized carbons (Fsp3) is 0.318. The number of carbonyl (C=O) groups is 3. The van der Waals surface area contributed by atoms with E-state index in [1.165, 1.54) is 0 Å². The quantitative estimate of drug-likeness (QED) is 0.597. The first-order chi connectivity index (χ1) is 14.1. The Morgan fingerprint density at radius 2 is 1.31 bits per heavy atom. The van der Waals surface area contributed by atoms with Crippen LogP contribution in [0.5, 0.6) is 0 Å². The molecule has 2 N–H and O–H groups in total. The van der Waals surface area contributed by atoms with Crippen LogP contribution in [0.25, 0.3) is 0 Å². The van der Waals surface area contributed by atoms with E-state index in [4.69, 9.17) is 9.47 Å². The Kier molecular flexibility index (Phi) is 9.21. The number of hydrogen-bond acceptors (Lipinski definition) is 5. The van der Waals surface area contributed by atoms with E-state index in [1.54, 1.807) is 6.92 Å². The Labute approximate surface area is 170 Å². The van der Waals surface area contributed by atoms with Crippen molar-refractivity contribution in [1.29, 1.82) is 0 Å². The lowest BCUT2D eigenvalue weighted by Gasteiger charge is -2.17. The van der Waals surface area contributed by atoms with Gasteiger partial charge in [0.05, 0.1) is 6.04 Å². The molecule has 2 amide bonds. The van der Waals surface area contributed by atoms with E-state index in [1.807, 2.05) is 60.7 Å². The largest absolute Gasteiger partial charge is 0.445 e. The van der Waals surface area contributed by atoms with Crippen molar-refractivity contribution < 1.29 is 23.9 Å². The standard InChI is InChI=1S/C22H26N2O5/c1-17(23-21(26)28-15-18-8-4-2-5-9-18)12-13-20(14-25)24-22(27)29-16-19-10-6-3-7-11-19/h2-11,14,17,20H,12-13,15-16H2,1H3,(H,23,26)(H,24,27). The van der Waals surface area contributed by atoms with E-state index >= 15 is 0 Å². The van der Waals surface area contributed by atoms with E-state index in [-0.39, 0.29) is 19.3 Å². The number of alkyl carbamates (subject to hydrolysis) is 2. The zero-order valence-electron chi connectivity index (χ0n) is 16.4. The lowest BCUT2D eigenvalue weighted by molar-refractivity contribution is -0.109. The molecule has 0 saturated carbocycles. The number of amides is 2. The summed E-state index contributed by atoms with van der Waals surface area (Å²) in [5, 5.41) is 5.23. The van der Waals surface area contributed by atoms with Gasteiger partial charge in [0, 0.05) is 6.04 Å². The van der Waals surface area contributed by atoms with Crippen molar-refractivity contribution >= 4 is 18.5 Å². The Hall–Kier alpha value is -3.35. The zero-order valence-corrected chi connectivity index (χ0v) is 16.4. The Morgan fingerprint density at radius 3 is 1.79 bits per heavy atom. The average molecular weight is 398 g/mol. The molecule has 0 saturated heterocycles. The summed E-state index contributed by atoms with van der Waals surface area (Å²) in [7, 11) is 0. The fourth-order valence-corrected chi connectivity index (χ4v) is 2.56. The molecule has 0 spiro atoms. The molecular formula is C22H26N2O5. The van der Waals surface area contributed by atoms with Crippen LogP contribution in [-0.2, 0) is 27.5 Å². The molecule has 0 heterocycles. The maximum Gasteiger partial charge on any atom is 0.408 e. The molecule has 0 aliphatic rings. The number of aldehydes is 1. The molecule has 7 nitrogen and oxygen atoms in total. The van der Waals surface area contributed by atoms with E-state index < -0.39 is 18.2 Å². The van der Waals surface area contributed by atoms with Crippen LogP contribution in [-0.4, -0.2) is 30.6 Å². The van der Waals surface area contributed by atoms with Crippen molar-refractivity contribution in [3.63, 3.8) is 0 Å². The molecule has 2 atom stereocenters. The summed E-state index contributed by atoms with van der Waals surface area (Å²) in [6.45, 7) is 2.12. The van der Waals surface area contributed by atoms with Gasteiger partial charge in [0.1, 0.15) is 19.5 Å². The van der Waals surface area contributed by atoms with Crippen LogP contribution < -0.4 is 10.6 Å². The van der Waals surface area contributed by atoms with Gasteiger partial charge in [-0.05, 0) is 30.9 Å². The summed E-state index contributed by atoms with van der Waals surface area (Å²) in [4.78, 5) is 34.9. The van der Waals surface area contributed by atoms with E-state index in [2.05, 4.69) is 10.6 Å². The topological polar surface area (TPSA) is 93.7 Å². The summed E-state index contributed by atoms with van der Waals surface area (Å²) in [6.07, 6.45) is 0.324. The van der Waals surface area contributed by atoms with Crippen LogP contribution in [0.1, 0.15) is 30.9 Å². The lowest BCUT2D eigenvalue weighted by Crippen LogP contribution is -2.39. The normalized spacial score (nSPS) is 12.3. The fourth-order valence-electron chi connectivity index (χ4n) is 2.56. The summed E-state index contributed by atoms with van der Waals surface area (Å²) in [5.74, 6) is 0. The van der Waals surface area contributed by atoms with Gasteiger partial charge in [-0.15, -0.1) is 0 Å². The molecule has 2 unspecified atom stereocenters. The molecule has 154 valence electrons. The second-order valence-corrected chi connectivity index (χ2v) is 6.63. The molecule has 29 heavy (non-hydrogen) atoms. The highest BCUT2D eigenvalue weighted by atomic mass is 16.6. The van der Waals surface area contributed by atoms with Gasteiger partial charge in [0.25, 0.3) is 0 Å². The average Bonchev–Trinajstić information content (AvgIpc) is 2.75. The molecule has 7 heteroatoms. The monoisotopic (exact) mass is 398 g/mol. The second-order valence-electron chi connectivity index (χ2n) is 6.63. The van der Waals surface area contributed by atoms with Crippen molar-refractivity contribution in [2.45, 2.75) is 45.1 Å². The third-order valence-electron chi connectivity index (χ3n) is 4.17. The zero-order chi connectivity index (χ0) is 20.9. The summed E-state index contributed by atoms with van der Waals surface area (Å²) in [5.41, 5.74) is 1.76. The van der Waals surface area contributed by atoms with Crippen LogP contribution in [0.3, 0.4) is 0 Å². The van der Waals surface area contributed by atoms with Crippen molar-refractivity contribution in [3.8, 4) is 0 Å². The summed E-state index contributed by atoms with van der Waals surface area (Å²) in [6, 6.07) is 17.7. The number of carbonyl (C=O) groups excluding carboxylic acids is 3. The van der Waals surface area contributed by atoms with Gasteiger partial charge in [0.15, 0.2) is 0 Å². The number of hydrogen-bond donors (Lipinski definition) is 2. The van der Waals surface area contributed by atoms with Crippen LogP contribution in [0.15, 0.2) is 60.7 Å². The Bertz CT molecular complexity index is 767. The lowest BCUT2D eigenvalue weighted by atomic mass is 10.1. The van der Waals surface area contributed by atoms with Gasteiger partial charge >= 0.3 is 12.2 Å². The molecule has 2 aromatic rings. The molecule has 2 aromatic carbocycles. The Morgan fingerprint density at radius 1 is 0.828 bits per heavy atom. The van der Waals surface area contributed by atoms with Gasteiger partial charge in [-0.1, -0.05) is 60.7 Å². The van der Waals surface area contributed by atoms with Gasteiger partial charge in [-0.25, -0.2) is 9.59 Å². The molecular weight excluding hydrogens is 372 g/mol. The molecule has 0 bridgehead atoms. The highest BCUT2D eigenvalue weighted by molar-refractivity contribution is 5.73. The Balaban J connectivity index is 1.64. The summed E-state index contributed by atoms with van der Waals surface area (Å²) >= 11 is 0. The highest BCUT2D eigenvalue weighted by Crippen LogP contribution is 2.05. The second kappa shape index (κ2) is 12.2. The molecule has 0 aromatic heterocycles. The third-order valence-corrected chi connectivity index (χ3v) is 4.17. The van der Waals surface area contributed by atoms with E-state index in [0.29, 0.717) is 19.1 Å². The predicted octanol–water partition coefficient (Wildman–Crippen LogP) is 3.58. The minimum Gasteiger partial charge on any atom is -0.445 e. The van der Waals surface area contributed by atoms with Crippen LogP contribution in [0, 0.1) is 0 Å². The number of benzene rings is 2. The van der Waals surface area contributed by atoms with Crippen LogP contribution >= 0.6 is 0 Å². The highest BCUT2D eigenvalue weighted by Gasteiger charge is 2.15. The number of nitrogens with one attached hydrogen (secondary N) is 2. The van der Waals surface area contributed by atoms with Crippen LogP contribution in [0.2, 0.25) is 0 Å². The molecule has 0 radical (unpaired) electrons. The van der Waals surface area contributed by atoms with Gasteiger partial charge in [0.2, 0.25) is 0 Å². The van der Waals surface area contributed by atoms with E-state index in [9.17, 15) is 14.4 Å². The van der Waals surface area contributed by atoms with Crippen molar-refractivity contribution in [1.82, 2.24) is 10.6 Å². The van der Waals surface area contributed by atoms with Gasteiger partial charge < -0.3 is 24.9 Å². The number of rotatable bonds is 10. The first-order valence-electron chi connectivity index (χ1n) is 9.46. The van der Waals surface area contributed by atoms with Crippen LogP contribution in [0.4, 0.5) is 9.59 Å². The minimum atomic E-state index is -0.692. The maximum atomic E-state index is 11.8. The SMILES string of the molecule is CC(CCC(C=O)NC(=O)OCc1ccccc1)NC(=O)OCc1ccccc1. The molecule has 0 aliphatic carbocycles. The molecule has 0 aliphatic heterocycles. The van der Waals surface area contributed by atoms with Crippen molar-refractivity contribution in [2.75, 3.05) is 0 Å². The molecule has 0 fully saturated rings. The predicted molar refractivity (Wildman–Crippen MR) is 108 cm³/mol. The summed E-state index contributed by atoms with van der Waals surface area (Å²) < 4.78 is 10.3. The minimum absolute atomic E-state index is 0.128. The van der Waals surface area contributed by atoms with Crippen molar-refractivity contribution in [2.24, 2.45) is 0 Å². The maximum absolute atomic E-state index is 11.8. The van der Waals surface area contributed by atoms with Crippen molar-refractivity contribution in [3.05, 3.63) is 71.8 Å². The van der Waals surface area contributed by atoms with E-state index in [0.717, 1.165) is 11.1 Å². The first-order valence-corrected chi connectivity index (χ1v) is 9.46. The molecule has 2 rings (SSSR count). The smallest absolute Gasteiger partial charge is 0.408 e. The third kappa shape index (κ3) is 8.92. The number of ether oxygens (including phenoxy) is 2. The van der Waals surface area contributed by atoms with Gasteiger partial charge in [-0.2, -0.15) is 0 Å². The van der Waals surface area contributed by atoms with Gasteiger partial charge in [-0.3, -0.25) is 0 Å². The first kappa shape index (κ1) is 21.9.